The highest BCUT2D eigenvalue weighted by molar-refractivity contribution is 5.79. The lowest BCUT2D eigenvalue weighted by atomic mass is 9.85. The Morgan fingerprint density at radius 1 is 1.44 bits per heavy atom. The number of methoxy groups -OCH3 is 2. The highest BCUT2D eigenvalue weighted by Crippen LogP contribution is 2.39. The van der Waals surface area contributed by atoms with Gasteiger partial charge in [-0.05, 0) is 6.08 Å². The van der Waals surface area contributed by atoms with Crippen LogP contribution in [-0.2, 0) is 19.0 Å². The summed E-state index contributed by atoms with van der Waals surface area (Å²) in [6.07, 6.45) is 2.61. The van der Waals surface area contributed by atoms with Crippen molar-refractivity contribution >= 4 is 5.97 Å². The van der Waals surface area contributed by atoms with E-state index in [1.807, 2.05) is 6.07 Å². The van der Waals surface area contributed by atoms with E-state index in [1.54, 1.807) is 12.2 Å². The molecule has 0 spiro atoms. The first-order valence-corrected chi connectivity index (χ1v) is 4.82. The van der Waals surface area contributed by atoms with Gasteiger partial charge in [0.25, 0.3) is 0 Å². The van der Waals surface area contributed by atoms with Gasteiger partial charge in [-0.25, -0.2) is 0 Å². The van der Waals surface area contributed by atoms with Crippen LogP contribution in [0.25, 0.3) is 0 Å². The summed E-state index contributed by atoms with van der Waals surface area (Å²) >= 11 is 0. The van der Waals surface area contributed by atoms with Crippen LogP contribution in [0.3, 0.4) is 0 Å². The third kappa shape index (κ3) is 1.43. The quantitative estimate of drug-likeness (QED) is 0.643. The molecule has 84 valence electrons. The van der Waals surface area contributed by atoms with Gasteiger partial charge < -0.3 is 14.2 Å². The van der Waals surface area contributed by atoms with E-state index in [-0.39, 0.29) is 5.92 Å². The number of cyclic esters (lactones) is 1. The van der Waals surface area contributed by atoms with Crippen molar-refractivity contribution < 1.29 is 19.0 Å². The molecule has 1 heterocycles. The number of esters is 1. The van der Waals surface area contributed by atoms with Gasteiger partial charge in [-0.3, -0.25) is 4.79 Å². The third-order valence-electron chi connectivity index (χ3n) is 2.78. The van der Waals surface area contributed by atoms with Crippen LogP contribution < -0.4 is 0 Å². The third-order valence-corrected chi connectivity index (χ3v) is 2.78. The summed E-state index contributed by atoms with van der Waals surface area (Å²) in [6, 6.07) is 1.96. The maximum absolute atomic E-state index is 11.6. The highest BCUT2D eigenvalue weighted by atomic mass is 16.6. The number of allylic oxidation sites excluding steroid dienone is 1. The summed E-state index contributed by atoms with van der Waals surface area (Å²) < 4.78 is 15.2. The van der Waals surface area contributed by atoms with Crippen molar-refractivity contribution in [3.63, 3.8) is 0 Å². The molecule has 5 heteroatoms. The zero-order chi connectivity index (χ0) is 11.7. The van der Waals surface area contributed by atoms with E-state index < -0.39 is 18.0 Å². The second kappa shape index (κ2) is 3.89. The Kier molecular flexibility index (Phi) is 2.57. The number of nitrogens with zero attached hydrogens (tertiary/aromatic N) is 1. The molecule has 3 unspecified atom stereocenters. The van der Waals surface area contributed by atoms with Gasteiger partial charge in [0, 0.05) is 6.08 Å². The van der Waals surface area contributed by atoms with Gasteiger partial charge in [0.2, 0.25) is 0 Å². The average molecular weight is 221 g/mol. The summed E-state index contributed by atoms with van der Waals surface area (Å²) in [5.74, 6) is -0.208. The monoisotopic (exact) mass is 221 g/mol. The zero-order valence-electron chi connectivity index (χ0n) is 8.97. The van der Waals surface area contributed by atoms with Crippen LogP contribution in [0.1, 0.15) is 0 Å². The Hall–Kier alpha value is -1.96. The number of hydrogen-bond acceptors (Lipinski definition) is 5. The molecule has 5 nitrogen and oxygen atoms in total. The van der Waals surface area contributed by atoms with Gasteiger partial charge in [0.1, 0.15) is 23.5 Å². The minimum Gasteiger partial charge on any atom is -0.500 e. The molecule has 0 aromatic heterocycles. The van der Waals surface area contributed by atoms with Crippen molar-refractivity contribution in [2.24, 2.45) is 11.8 Å². The van der Waals surface area contributed by atoms with Crippen LogP contribution in [-0.4, -0.2) is 26.3 Å². The lowest BCUT2D eigenvalue weighted by molar-refractivity contribution is -0.142. The second-order valence-electron chi connectivity index (χ2n) is 3.57. The van der Waals surface area contributed by atoms with E-state index in [9.17, 15) is 4.79 Å². The van der Waals surface area contributed by atoms with Crippen LogP contribution in [0, 0.1) is 23.2 Å². The molecule has 1 fully saturated rings. The molecule has 1 saturated heterocycles. The smallest absolute Gasteiger partial charge is 0.318 e. The molecule has 3 atom stereocenters. The molecule has 0 amide bonds. The Morgan fingerprint density at radius 2 is 2.19 bits per heavy atom. The van der Waals surface area contributed by atoms with Crippen LogP contribution in [0.2, 0.25) is 0 Å². The second-order valence-corrected chi connectivity index (χ2v) is 3.57. The first-order valence-electron chi connectivity index (χ1n) is 4.82. The van der Waals surface area contributed by atoms with Crippen molar-refractivity contribution in [3.05, 3.63) is 23.7 Å². The topological polar surface area (TPSA) is 68.5 Å². The van der Waals surface area contributed by atoms with Gasteiger partial charge in [0.05, 0.1) is 20.1 Å². The Bertz CT molecular complexity index is 418. The molecule has 0 saturated carbocycles. The van der Waals surface area contributed by atoms with Crippen LogP contribution in [0.5, 0.6) is 0 Å². The number of ether oxygens (including phenoxy) is 3. The van der Waals surface area contributed by atoms with Gasteiger partial charge >= 0.3 is 5.97 Å². The van der Waals surface area contributed by atoms with Gasteiger partial charge in [-0.1, -0.05) is 0 Å². The fourth-order valence-corrected chi connectivity index (χ4v) is 1.99. The van der Waals surface area contributed by atoms with E-state index in [1.165, 1.54) is 14.2 Å². The fourth-order valence-electron chi connectivity index (χ4n) is 1.99. The molecule has 2 rings (SSSR count). The summed E-state index contributed by atoms with van der Waals surface area (Å²) in [5, 5.41) is 8.88. The number of carbonyl (C=O) groups is 1. The molecule has 0 aromatic rings. The Morgan fingerprint density at radius 3 is 2.75 bits per heavy atom. The lowest BCUT2D eigenvalue weighted by Crippen LogP contribution is -2.24. The first-order chi connectivity index (χ1) is 7.71. The molecule has 0 radical (unpaired) electrons. The highest BCUT2D eigenvalue weighted by Gasteiger charge is 2.48. The molecular formula is C11H11NO4. The van der Waals surface area contributed by atoms with Crippen LogP contribution >= 0.6 is 0 Å². The van der Waals surface area contributed by atoms with Crippen molar-refractivity contribution in [1.82, 2.24) is 0 Å². The van der Waals surface area contributed by atoms with Gasteiger partial charge in [-0.15, -0.1) is 0 Å². The Labute approximate surface area is 92.9 Å². The first kappa shape index (κ1) is 10.6. The van der Waals surface area contributed by atoms with E-state index >= 15 is 0 Å². The Balaban J connectivity index is 2.39. The molecule has 1 aliphatic heterocycles. The number of hydrogen-bond donors (Lipinski definition) is 0. The summed E-state index contributed by atoms with van der Waals surface area (Å²) in [7, 11) is 3.00. The molecule has 0 bridgehead atoms. The summed E-state index contributed by atoms with van der Waals surface area (Å²) in [5.41, 5.74) is 0. The molecule has 0 N–H and O–H groups in total. The molecule has 16 heavy (non-hydrogen) atoms. The van der Waals surface area contributed by atoms with Crippen LogP contribution in [0.4, 0.5) is 0 Å². The van der Waals surface area contributed by atoms with E-state index in [4.69, 9.17) is 19.5 Å². The number of fused-ring (bicyclic) bond motifs is 1. The zero-order valence-corrected chi connectivity index (χ0v) is 8.97. The minimum atomic E-state index is -0.763. The largest absolute Gasteiger partial charge is 0.500 e. The normalized spacial score (nSPS) is 31.8. The maximum Gasteiger partial charge on any atom is 0.318 e. The van der Waals surface area contributed by atoms with Gasteiger partial charge in [-0.2, -0.15) is 5.26 Å². The van der Waals surface area contributed by atoms with Crippen molar-refractivity contribution in [3.8, 4) is 6.07 Å². The predicted octanol–water partition coefficient (Wildman–Crippen LogP) is 0.742. The van der Waals surface area contributed by atoms with Crippen molar-refractivity contribution in [1.29, 1.82) is 5.26 Å². The molecular weight excluding hydrogens is 210 g/mol. The summed E-state index contributed by atoms with van der Waals surface area (Å²) in [6.45, 7) is 0. The number of carbonyl (C=O) groups excluding carboxylic acids is 1. The fraction of sp³-hybridized carbons (Fsp3) is 0.455. The van der Waals surface area contributed by atoms with Crippen LogP contribution in [0.15, 0.2) is 23.7 Å². The number of rotatable bonds is 2. The van der Waals surface area contributed by atoms with Crippen molar-refractivity contribution in [2.75, 3.05) is 14.2 Å². The molecule has 0 aromatic carbocycles. The molecule has 1 aliphatic carbocycles. The SMILES string of the molecule is COC1=CC2C(C#N)OC(=O)C2C(OC)=C1. The number of nitriles is 1. The summed E-state index contributed by atoms with van der Waals surface area (Å²) in [4.78, 5) is 11.6. The van der Waals surface area contributed by atoms with Gasteiger partial charge in [0.15, 0.2) is 6.10 Å². The average Bonchev–Trinajstić information content (AvgIpc) is 2.65. The minimum absolute atomic E-state index is 0.326. The molecule has 2 aliphatic rings. The van der Waals surface area contributed by atoms with E-state index in [2.05, 4.69) is 0 Å². The van der Waals surface area contributed by atoms with E-state index in [0.29, 0.717) is 11.5 Å². The predicted molar refractivity (Wildman–Crippen MR) is 52.7 cm³/mol. The van der Waals surface area contributed by atoms with E-state index in [0.717, 1.165) is 0 Å². The standard InChI is InChI=1S/C11H11NO4/c1-14-6-3-7-9(5-12)16-11(13)10(7)8(4-6)15-2/h3-4,7,9-10H,1-2H3. The van der Waals surface area contributed by atoms with Crippen molar-refractivity contribution in [2.45, 2.75) is 6.10 Å². The lowest BCUT2D eigenvalue weighted by Gasteiger charge is -2.21. The maximum atomic E-state index is 11.6.